The summed E-state index contributed by atoms with van der Waals surface area (Å²) in [4.78, 5) is 11.3. The van der Waals surface area contributed by atoms with Crippen LogP contribution in [0, 0.1) is 0 Å². The number of thioether (sulfide) groups is 1. The quantitative estimate of drug-likeness (QED) is 0.720. The first-order valence-electron chi connectivity index (χ1n) is 7.90. The Morgan fingerprint density at radius 3 is 2.92 bits per heavy atom. The number of nitrogens with one attached hydrogen (secondary N) is 2. The molecule has 0 spiro atoms. The van der Waals surface area contributed by atoms with E-state index in [2.05, 4.69) is 25.4 Å². The van der Waals surface area contributed by atoms with Gasteiger partial charge in [-0.2, -0.15) is 18.3 Å². The Morgan fingerprint density at radius 1 is 1.35 bits per heavy atom. The third-order valence-corrected chi connectivity index (χ3v) is 5.29. The van der Waals surface area contributed by atoms with Crippen LogP contribution in [0.15, 0.2) is 42.1 Å². The maximum Gasteiger partial charge on any atom is 0.410 e. The number of hydrogen-bond acceptors (Lipinski definition) is 5. The monoisotopic (exact) mass is 380 g/mol. The molecule has 0 bridgehead atoms. The van der Waals surface area contributed by atoms with Crippen molar-refractivity contribution in [1.82, 2.24) is 30.0 Å². The van der Waals surface area contributed by atoms with Gasteiger partial charge >= 0.3 is 6.18 Å². The largest absolute Gasteiger partial charge is 0.410 e. The maximum absolute atomic E-state index is 13.6. The lowest BCUT2D eigenvalue weighted by Gasteiger charge is -2.24. The summed E-state index contributed by atoms with van der Waals surface area (Å²) in [5, 5.41) is 9.27. The Kier molecular flexibility index (Phi) is 4.14. The lowest BCUT2D eigenvalue weighted by molar-refractivity contribution is -0.172. The Bertz CT molecular complexity index is 960. The molecule has 0 saturated carbocycles. The Labute approximate surface area is 150 Å². The van der Waals surface area contributed by atoms with Crippen LogP contribution in [-0.2, 0) is 0 Å². The summed E-state index contributed by atoms with van der Waals surface area (Å²) in [6.07, 6.45) is 1.37. The van der Waals surface area contributed by atoms with E-state index in [9.17, 15) is 13.2 Å². The normalized spacial score (nSPS) is 18.8. The number of nitrogens with zero attached hydrogens (tertiary/aromatic N) is 4. The molecule has 0 saturated heterocycles. The number of rotatable bonds is 4. The molecule has 6 nitrogen and oxygen atoms in total. The van der Waals surface area contributed by atoms with Gasteiger partial charge in [-0.25, -0.2) is 9.97 Å². The molecule has 10 heteroatoms. The van der Waals surface area contributed by atoms with Gasteiger partial charge < -0.3 is 10.3 Å². The molecule has 3 aromatic heterocycles. The Morgan fingerprint density at radius 2 is 2.19 bits per heavy atom. The average molecular weight is 380 g/mol. The Hall–Kier alpha value is -2.49. The van der Waals surface area contributed by atoms with E-state index in [-0.39, 0.29) is 11.8 Å². The molecule has 0 radical (unpaired) electrons. The fourth-order valence-corrected chi connectivity index (χ4v) is 3.93. The fourth-order valence-electron chi connectivity index (χ4n) is 2.95. The smallest absolute Gasteiger partial charge is 0.376 e. The van der Waals surface area contributed by atoms with E-state index >= 15 is 0 Å². The molecule has 0 fully saturated rings. The van der Waals surface area contributed by atoms with Crippen LogP contribution >= 0.6 is 11.8 Å². The van der Waals surface area contributed by atoms with Gasteiger partial charge in [-0.05, 0) is 18.4 Å². The van der Waals surface area contributed by atoms with Crippen molar-refractivity contribution in [2.24, 2.45) is 0 Å². The first-order valence-corrected chi connectivity index (χ1v) is 8.84. The molecule has 0 aliphatic carbocycles. The van der Waals surface area contributed by atoms with Crippen LogP contribution in [-0.4, -0.2) is 36.3 Å². The van der Waals surface area contributed by atoms with Crippen LogP contribution in [0.4, 0.5) is 13.2 Å². The lowest BCUT2D eigenvalue weighted by atomic mass is 10.1. The minimum Gasteiger partial charge on any atom is -0.376 e. The van der Waals surface area contributed by atoms with Crippen LogP contribution in [0.3, 0.4) is 0 Å². The zero-order chi connectivity index (χ0) is 18.3. The molecule has 0 amide bonds. The molecule has 1 aliphatic heterocycles. The van der Waals surface area contributed by atoms with Crippen LogP contribution in [0.2, 0.25) is 0 Å². The second-order valence-electron chi connectivity index (χ2n) is 6.03. The SMILES string of the molecule is CC1=CSC(C[C@@H](n2cc(-c3ncnc4[nH]ccc34)cn2)C(F)(F)F)N1. The molecule has 2 atom stereocenters. The summed E-state index contributed by atoms with van der Waals surface area (Å²) in [6, 6.07) is 0.0701. The number of H-pyrrole nitrogens is 1. The highest BCUT2D eigenvalue weighted by Gasteiger charge is 2.43. The zero-order valence-corrected chi connectivity index (χ0v) is 14.5. The van der Waals surface area contributed by atoms with E-state index in [4.69, 9.17) is 0 Å². The standard InChI is InChI=1S/C16H15F3N6S/c1-9-7-26-13(24-9)4-12(16(17,18)19)25-6-10(5-23-25)14-11-2-3-20-15(11)22-8-21-14/h2-3,5-8,12-13,24H,4H2,1H3,(H,20,21,22)/t12-,13?/m1/s1. The van der Waals surface area contributed by atoms with Gasteiger partial charge in [0, 0.05) is 35.5 Å². The van der Waals surface area contributed by atoms with Gasteiger partial charge in [-0.3, -0.25) is 4.68 Å². The molecule has 4 heterocycles. The first kappa shape index (κ1) is 17.0. The summed E-state index contributed by atoms with van der Waals surface area (Å²) in [7, 11) is 0. The minimum absolute atomic E-state index is 0.119. The topological polar surface area (TPSA) is 71.4 Å². The summed E-state index contributed by atoms with van der Waals surface area (Å²) < 4.78 is 41.9. The molecule has 136 valence electrons. The highest BCUT2D eigenvalue weighted by molar-refractivity contribution is 8.02. The summed E-state index contributed by atoms with van der Waals surface area (Å²) in [5.74, 6) is 0. The van der Waals surface area contributed by atoms with Crippen LogP contribution in [0.1, 0.15) is 19.4 Å². The van der Waals surface area contributed by atoms with Crippen molar-refractivity contribution in [1.29, 1.82) is 0 Å². The number of alkyl halides is 3. The van der Waals surface area contributed by atoms with E-state index in [0.29, 0.717) is 16.9 Å². The number of fused-ring (bicyclic) bond motifs is 1. The third kappa shape index (κ3) is 3.16. The molecule has 2 N–H and O–H groups in total. The summed E-state index contributed by atoms with van der Waals surface area (Å²) >= 11 is 1.36. The number of hydrogen-bond donors (Lipinski definition) is 2. The van der Waals surface area contributed by atoms with Crippen molar-refractivity contribution in [3.63, 3.8) is 0 Å². The van der Waals surface area contributed by atoms with Gasteiger partial charge in [-0.15, -0.1) is 11.8 Å². The number of aromatic nitrogens is 5. The number of aromatic amines is 1. The van der Waals surface area contributed by atoms with Crippen molar-refractivity contribution in [3.8, 4) is 11.3 Å². The van der Waals surface area contributed by atoms with Gasteiger partial charge in [0.05, 0.1) is 17.3 Å². The van der Waals surface area contributed by atoms with Crippen LogP contribution in [0.25, 0.3) is 22.3 Å². The van der Waals surface area contributed by atoms with E-state index in [0.717, 1.165) is 15.8 Å². The maximum atomic E-state index is 13.6. The van der Waals surface area contributed by atoms with Crippen LogP contribution in [0.5, 0.6) is 0 Å². The predicted octanol–water partition coefficient (Wildman–Crippen LogP) is 3.84. The third-order valence-electron chi connectivity index (χ3n) is 4.16. The first-order chi connectivity index (χ1) is 12.4. The van der Waals surface area contributed by atoms with Gasteiger partial charge in [0.15, 0.2) is 6.04 Å². The molecule has 4 rings (SSSR count). The van der Waals surface area contributed by atoms with Crippen molar-refractivity contribution in [3.05, 3.63) is 42.1 Å². The number of halogens is 3. The van der Waals surface area contributed by atoms with Crippen molar-refractivity contribution in [2.75, 3.05) is 0 Å². The van der Waals surface area contributed by atoms with Crippen molar-refractivity contribution >= 4 is 22.8 Å². The fraction of sp³-hybridized carbons (Fsp3) is 0.312. The number of allylic oxidation sites excluding steroid dienone is 1. The molecule has 1 aliphatic rings. The van der Waals surface area contributed by atoms with Crippen molar-refractivity contribution < 1.29 is 13.2 Å². The van der Waals surface area contributed by atoms with Crippen molar-refractivity contribution in [2.45, 2.75) is 30.9 Å². The Balaban J connectivity index is 1.65. The van der Waals surface area contributed by atoms with Crippen LogP contribution < -0.4 is 5.32 Å². The van der Waals surface area contributed by atoms with Gasteiger partial charge in [0.2, 0.25) is 0 Å². The minimum atomic E-state index is -4.41. The molecule has 26 heavy (non-hydrogen) atoms. The highest BCUT2D eigenvalue weighted by atomic mass is 32.2. The van der Waals surface area contributed by atoms with E-state index in [1.54, 1.807) is 12.3 Å². The molecule has 3 aromatic rings. The second kappa shape index (κ2) is 6.35. The summed E-state index contributed by atoms with van der Waals surface area (Å²) in [5.41, 5.74) is 2.57. The van der Waals surface area contributed by atoms with E-state index < -0.39 is 12.2 Å². The molecular formula is C16H15F3N6S. The lowest BCUT2D eigenvalue weighted by Crippen LogP contribution is -2.33. The van der Waals surface area contributed by atoms with E-state index in [1.807, 2.05) is 12.3 Å². The summed E-state index contributed by atoms with van der Waals surface area (Å²) in [6.45, 7) is 1.83. The second-order valence-corrected chi connectivity index (χ2v) is 7.11. The van der Waals surface area contributed by atoms with E-state index in [1.165, 1.54) is 30.5 Å². The zero-order valence-electron chi connectivity index (χ0n) is 13.7. The molecular weight excluding hydrogens is 365 g/mol. The van der Waals surface area contributed by atoms with Gasteiger partial charge in [0.1, 0.15) is 12.0 Å². The van der Waals surface area contributed by atoms with Gasteiger partial charge in [-0.1, -0.05) is 0 Å². The highest BCUT2D eigenvalue weighted by Crippen LogP contribution is 2.38. The molecule has 1 unspecified atom stereocenters. The van der Waals surface area contributed by atoms with Gasteiger partial charge in [0.25, 0.3) is 0 Å². The predicted molar refractivity (Wildman–Crippen MR) is 93.1 cm³/mol. The molecule has 0 aromatic carbocycles. The average Bonchev–Trinajstić information content (AvgIpc) is 3.31.